The van der Waals surface area contributed by atoms with Gasteiger partial charge < -0.3 is 9.25 Å². The fourth-order valence-electron chi connectivity index (χ4n) is 2.58. The number of unbranched alkanes of at least 4 members (excludes halogenated alkanes) is 6. The second-order valence-corrected chi connectivity index (χ2v) is 6.03. The standard InChI is InChI=1S/C18H28N2O3/c1-3-5-7-8-9-11-16-13-15-14-20(22-12-10-6-4-2)18(21)19-17(15)23-16/h13-14H,3-12H2,1-2H3. The van der Waals surface area contributed by atoms with Crippen molar-refractivity contribution in [3.8, 4) is 0 Å². The number of fused-ring (bicyclic) bond motifs is 1. The summed E-state index contributed by atoms with van der Waals surface area (Å²) in [5.74, 6) is 0.895. The predicted octanol–water partition coefficient (Wildman–Crippen LogP) is 4.12. The molecule has 0 saturated carbocycles. The van der Waals surface area contributed by atoms with Gasteiger partial charge in [-0.1, -0.05) is 52.4 Å². The summed E-state index contributed by atoms with van der Waals surface area (Å²) in [7, 11) is 0. The third-order valence-corrected chi connectivity index (χ3v) is 3.94. The maximum Gasteiger partial charge on any atom is 0.383 e. The Bertz CT molecular complexity index is 645. The minimum Gasteiger partial charge on any atom is -0.443 e. The fourth-order valence-corrected chi connectivity index (χ4v) is 2.58. The van der Waals surface area contributed by atoms with Gasteiger partial charge in [-0.2, -0.15) is 4.98 Å². The van der Waals surface area contributed by atoms with Crippen LogP contribution < -0.4 is 10.5 Å². The first kappa shape index (κ1) is 17.6. The van der Waals surface area contributed by atoms with E-state index in [0.717, 1.165) is 43.3 Å². The van der Waals surface area contributed by atoms with Crippen molar-refractivity contribution in [2.75, 3.05) is 6.61 Å². The molecule has 128 valence electrons. The molecule has 0 N–H and O–H groups in total. The number of aromatic nitrogens is 2. The summed E-state index contributed by atoms with van der Waals surface area (Å²) in [5.41, 5.74) is -0.00943. The molecular weight excluding hydrogens is 292 g/mol. The second-order valence-electron chi connectivity index (χ2n) is 6.03. The largest absolute Gasteiger partial charge is 0.443 e. The Hall–Kier alpha value is -1.78. The predicted molar refractivity (Wildman–Crippen MR) is 91.7 cm³/mol. The van der Waals surface area contributed by atoms with Gasteiger partial charge in [-0.25, -0.2) is 4.79 Å². The van der Waals surface area contributed by atoms with Crippen molar-refractivity contribution in [1.29, 1.82) is 0 Å². The molecule has 0 amide bonds. The van der Waals surface area contributed by atoms with Crippen LogP contribution in [0.25, 0.3) is 11.1 Å². The third kappa shape index (κ3) is 5.41. The van der Waals surface area contributed by atoms with Crippen molar-refractivity contribution >= 4 is 11.1 Å². The number of aryl methyl sites for hydroxylation is 1. The van der Waals surface area contributed by atoms with Gasteiger partial charge in [-0.15, -0.1) is 4.73 Å². The molecule has 0 bridgehead atoms. The van der Waals surface area contributed by atoms with E-state index in [1.54, 1.807) is 6.20 Å². The molecule has 0 aliphatic carbocycles. The summed E-state index contributed by atoms with van der Waals surface area (Å²) in [4.78, 5) is 21.4. The lowest BCUT2D eigenvalue weighted by molar-refractivity contribution is 0.0963. The molecular formula is C18H28N2O3. The molecule has 0 saturated heterocycles. The summed E-state index contributed by atoms with van der Waals surface area (Å²) >= 11 is 0. The van der Waals surface area contributed by atoms with E-state index in [0.29, 0.717) is 12.3 Å². The Kier molecular flexibility index (Phi) is 7.17. The number of nitrogens with zero attached hydrogens (tertiary/aromatic N) is 2. The van der Waals surface area contributed by atoms with Crippen molar-refractivity contribution in [2.45, 2.75) is 71.6 Å². The zero-order valence-electron chi connectivity index (χ0n) is 14.3. The maximum atomic E-state index is 11.9. The zero-order valence-corrected chi connectivity index (χ0v) is 14.3. The molecule has 0 spiro atoms. The van der Waals surface area contributed by atoms with Crippen LogP contribution in [0.3, 0.4) is 0 Å². The average molecular weight is 320 g/mol. The first-order chi connectivity index (χ1) is 11.2. The van der Waals surface area contributed by atoms with Gasteiger partial charge in [-0.05, 0) is 18.9 Å². The van der Waals surface area contributed by atoms with E-state index in [1.807, 2.05) is 6.07 Å². The Balaban J connectivity index is 1.95. The minimum atomic E-state index is -0.419. The molecule has 23 heavy (non-hydrogen) atoms. The van der Waals surface area contributed by atoms with E-state index in [9.17, 15) is 4.79 Å². The Morgan fingerprint density at radius 3 is 2.61 bits per heavy atom. The summed E-state index contributed by atoms with van der Waals surface area (Å²) in [6, 6.07) is 1.97. The number of hydrogen-bond acceptors (Lipinski definition) is 4. The SMILES string of the molecule is CCCCCCCc1cc2cn(OCCCCC)c(=O)nc2o1. The van der Waals surface area contributed by atoms with Crippen molar-refractivity contribution < 1.29 is 9.25 Å². The first-order valence-electron chi connectivity index (χ1n) is 8.90. The van der Waals surface area contributed by atoms with Crippen LogP contribution in [0.4, 0.5) is 0 Å². The summed E-state index contributed by atoms with van der Waals surface area (Å²) in [6.45, 7) is 4.88. The highest BCUT2D eigenvalue weighted by atomic mass is 16.7. The summed E-state index contributed by atoms with van der Waals surface area (Å²) < 4.78 is 6.89. The molecule has 2 heterocycles. The number of furan rings is 1. The molecule has 5 nitrogen and oxygen atoms in total. The van der Waals surface area contributed by atoms with Crippen LogP contribution in [-0.4, -0.2) is 16.3 Å². The van der Waals surface area contributed by atoms with Crippen LogP contribution in [0, 0.1) is 0 Å². The Labute approximate surface area is 137 Å². The van der Waals surface area contributed by atoms with Crippen LogP contribution in [0.15, 0.2) is 21.5 Å². The lowest BCUT2D eigenvalue weighted by Gasteiger charge is -2.06. The summed E-state index contributed by atoms with van der Waals surface area (Å²) in [5, 5.41) is 0.823. The quantitative estimate of drug-likeness (QED) is 0.584. The van der Waals surface area contributed by atoms with Crippen LogP contribution in [0.2, 0.25) is 0 Å². The smallest absolute Gasteiger partial charge is 0.383 e. The average Bonchev–Trinajstić information content (AvgIpc) is 2.93. The highest BCUT2D eigenvalue weighted by Gasteiger charge is 2.09. The molecule has 0 unspecified atom stereocenters. The first-order valence-corrected chi connectivity index (χ1v) is 8.90. The van der Waals surface area contributed by atoms with Gasteiger partial charge in [0.25, 0.3) is 0 Å². The molecule has 0 radical (unpaired) electrons. The molecule has 0 atom stereocenters. The molecule has 2 aromatic heterocycles. The van der Waals surface area contributed by atoms with Crippen LogP contribution in [0.1, 0.15) is 71.0 Å². The topological polar surface area (TPSA) is 57.3 Å². The monoisotopic (exact) mass is 320 g/mol. The number of rotatable bonds is 11. The Morgan fingerprint density at radius 1 is 1.09 bits per heavy atom. The van der Waals surface area contributed by atoms with Gasteiger partial charge in [0.1, 0.15) is 12.4 Å². The second kappa shape index (κ2) is 9.38. The van der Waals surface area contributed by atoms with E-state index in [4.69, 9.17) is 9.25 Å². The van der Waals surface area contributed by atoms with Crippen LogP contribution in [-0.2, 0) is 6.42 Å². The van der Waals surface area contributed by atoms with E-state index in [-0.39, 0.29) is 0 Å². The number of hydrogen-bond donors (Lipinski definition) is 0. The van der Waals surface area contributed by atoms with E-state index in [2.05, 4.69) is 18.8 Å². The van der Waals surface area contributed by atoms with Crippen molar-refractivity contribution in [2.24, 2.45) is 0 Å². The van der Waals surface area contributed by atoms with Crippen LogP contribution >= 0.6 is 0 Å². The fraction of sp³-hybridized carbons (Fsp3) is 0.667. The zero-order chi connectivity index (χ0) is 16.5. The lowest BCUT2D eigenvalue weighted by atomic mass is 10.1. The van der Waals surface area contributed by atoms with Gasteiger partial charge in [0.2, 0.25) is 5.71 Å². The summed E-state index contributed by atoms with van der Waals surface area (Å²) in [6.07, 6.45) is 11.9. The lowest BCUT2D eigenvalue weighted by Crippen LogP contribution is -2.28. The Morgan fingerprint density at radius 2 is 1.83 bits per heavy atom. The molecule has 0 aliphatic rings. The molecule has 5 heteroatoms. The van der Waals surface area contributed by atoms with Gasteiger partial charge in [0.05, 0.1) is 11.6 Å². The molecule has 0 fully saturated rings. The van der Waals surface area contributed by atoms with Crippen molar-refractivity contribution in [3.63, 3.8) is 0 Å². The minimum absolute atomic E-state index is 0.409. The normalized spacial score (nSPS) is 11.2. The highest BCUT2D eigenvalue weighted by Crippen LogP contribution is 2.18. The third-order valence-electron chi connectivity index (χ3n) is 3.94. The van der Waals surface area contributed by atoms with E-state index in [1.165, 1.54) is 30.4 Å². The van der Waals surface area contributed by atoms with Gasteiger partial charge >= 0.3 is 5.69 Å². The maximum absolute atomic E-state index is 11.9. The molecule has 2 rings (SSSR count). The highest BCUT2D eigenvalue weighted by molar-refractivity contribution is 5.72. The van der Waals surface area contributed by atoms with Gasteiger partial charge in [0, 0.05) is 6.42 Å². The van der Waals surface area contributed by atoms with Gasteiger partial charge in [0.15, 0.2) is 0 Å². The van der Waals surface area contributed by atoms with Crippen molar-refractivity contribution in [1.82, 2.24) is 9.71 Å². The molecule has 0 aromatic carbocycles. The van der Waals surface area contributed by atoms with Gasteiger partial charge in [-0.3, -0.25) is 0 Å². The van der Waals surface area contributed by atoms with Crippen molar-refractivity contribution in [3.05, 3.63) is 28.5 Å². The van der Waals surface area contributed by atoms with E-state index >= 15 is 0 Å². The molecule has 0 aliphatic heterocycles. The van der Waals surface area contributed by atoms with E-state index < -0.39 is 5.69 Å². The molecule has 2 aromatic rings. The van der Waals surface area contributed by atoms with Crippen LogP contribution in [0.5, 0.6) is 0 Å².